The molecule has 0 aliphatic rings. The average molecular weight is 602 g/mol. The fourth-order valence-electron chi connectivity index (χ4n) is 7.23. The Bertz CT molecular complexity index is 2780. The molecule has 0 bridgehead atoms. The van der Waals surface area contributed by atoms with Crippen LogP contribution in [-0.2, 0) is 0 Å². The van der Waals surface area contributed by atoms with Crippen LogP contribution in [0.4, 0.5) is 17.1 Å². The molecule has 0 saturated carbocycles. The molecular formula is C44H27NO2. The molecule has 3 heteroatoms. The highest BCUT2D eigenvalue weighted by Crippen LogP contribution is 2.47. The highest BCUT2D eigenvalue weighted by Gasteiger charge is 2.23. The van der Waals surface area contributed by atoms with Gasteiger partial charge in [0, 0.05) is 21.8 Å². The maximum Gasteiger partial charge on any atom is 0.147 e. The summed E-state index contributed by atoms with van der Waals surface area (Å²) >= 11 is 0. The first kappa shape index (κ1) is 26.0. The van der Waals surface area contributed by atoms with Crippen LogP contribution in [0.2, 0.25) is 0 Å². The third-order valence-electron chi connectivity index (χ3n) is 9.42. The van der Waals surface area contributed by atoms with E-state index in [1.807, 2.05) is 0 Å². The standard InChI is InChI=1S/C44H27NO2/c1-2-10-28(11-3-1)29-20-22-33(23-21-29)45(37-17-8-15-30-12-6-7-16-34(30)37)38-18-9-19-39-42(38)43-40(46-39)25-24-35-36-26-31-13-4-5-14-32(31)27-41(36)47-44(35)43/h1-27H. The predicted molar refractivity (Wildman–Crippen MR) is 196 cm³/mol. The largest absolute Gasteiger partial charge is 0.456 e. The quantitative estimate of drug-likeness (QED) is 0.201. The Hall–Kier alpha value is -6.32. The van der Waals surface area contributed by atoms with Gasteiger partial charge in [-0.2, -0.15) is 0 Å². The zero-order valence-corrected chi connectivity index (χ0v) is 25.4. The molecule has 0 unspecified atom stereocenters. The van der Waals surface area contributed by atoms with Crippen LogP contribution in [0, 0.1) is 0 Å². The van der Waals surface area contributed by atoms with Crippen molar-refractivity contribution in [2.24, 2.45) is 0 Å². The molecule has 0 aliphatic heterocycles. The molecule has 3 nitrogen and oxygen atoms in total. The van der Waals surface area contributed by atoms with E-state index in [1.165, 1.54) is 27.3 Å². The summed E-state index contributed by atoms with van der Waals surface area (Å²) in [5, 5.41) is 8.92. The van der Waals surface area contributed by atoms with Crippen LogP contribution in [0.5, 0.6) is 0 Å². The number of anilines is 3. The summed E-state index contributed by atoms with van der Waals surface area (Å²) in [4.78, 5) is 2.37. The molecule has 10 rings (SSSR count). The second-order valence-electron chi connectivity index (χ2n) is 12.1. The van der Waals surface area contributed by atoms with Gasteiger partial charge in [-0.3, -0.25) is 0 Å². The molecular weight excluding hydrogens is 574 g/mol. The van der Waals surface area contributed by atoms with Crippen LogP contribution in [0.15, 0.2) is 173 Å². The van der Waals surface area contributed by atoms with Crippen LogP contribution in [0.25, 0.3) is 76.5 Å². The lowest BCUT2D eigenvalue weighted by Gasteiger charge is -2.27. The number of rotatable bonds is 4. The van der Waals surface area contributed by atoms with Crippen molar-refractivity contribution in [1.29, 1.82) is 0 Å². The minimum atomic E-state index is 0.806. The van der Waals surface area contributed by atoms with E-state index in [4.69, 9.17) is 8.83 Å². The molecule has 10 aromatic rings. The van der Waals surface area contributed by atoms with Gasteiger partial charge in [-0.25, -0.2) is 0 Å². The number of furan rings is 2. The Morgan fingerprint density at radius 1 is 0.362 bits per heavy atom. The molecule has 0 amide bonds. The number of fused-ring (bicyclic) bond motifs is 9. The van der Waals surface area contributed by atoms with Crippen molar-refractivity contribution >= 4 is 82.5 Å². The summed E-state index contributed by atoms with van der Waals surface area (Å²) in [6.45, 7) is 0. The van der Waals surface area contributed by atoms with Gasteiger partial charge in [-0.15, -0.1) is 0 Å². The minimum absolute atomic E-state index is 0.806. The van der Waals surface area contributed by atoms with Gasteiger partial charge in [0.1, 0.15) is 22.3 Å². The normalized spacial score (nSPS) is 11.8. The molecule has 0 radical (unpaired) electrons. The number of hydrogen-bond donors (Lipinski definition) is 0. The van der Waals surface area contributed by atoms with Gasteiger partial charge in [0.05, 0.1) is 22.1 Å². The maximum atomic E-state index is 6.74. The second-order valence-corrected chi connectivity index (χ2v) is 12.1. The summed E-state index contributed by atoms with van der Waals surface area (Å²) in [5.41, 5.74) is 8.91. The first-order chi connectivity index (χ1) is 23.3. The Morgan fingerprint density at radius 3 is 1.87 bits per heavy atom. The van der Waals surface area contributed by atoms with E-state index in [9.17, 15) is 0 Å². The molecule has 47 heavy (non-hydrogen) atoms. The van der Waals surface area contributed by atoms with E-state index in [0.29, 0.717) is 0 Å². The third kappa shape index (κ3) is 4.00. The van der Waals surface area contributed by atoms with E-state index < -0.39 is 0 Å². The molecule has 0 saturated heterocycles. The van der Waals surface area contributed by atoms with Crippen molar-refractivity contribution in [2.45, 2.75) is 0 Å². The SMILES string of the molecule is c1ccc(-c2ccc(N(c3cccc4ccccc34)c3cccc4oc5ccc6c7cc8ccccc8cc7oc6c5c34)cc2)cc1. The first-order valence-electron chi connectivity index (χ1n) is 15.9. The van der Waals surface area contributed by atoms with Gasteiger partial charge in [0.25, 0.3) is 0 Å². The van der Waals surface area contributed by atoms with Gasteiger partial charge in [-0.05, 0) is 81.9 Å². The maximum absolute atomic E-state index is 6.74. The van der Waals surface area contributed by atoms with Crippen LogP contribution in [0.3, 0.4) is 0 Å². The van der Waals surface area contributed by atoms with E-state index in [1.54, 1.807) is 0 Å². The van der Waals surface area contributed by atoms with Crippen molar-refractivity contribution in [3.63, 3.8) is 0 Å². The van der Waals surface area contributed by atoms with E-state index in [2.05, 4.69) is 169 Å². The molecule has 8 aromatic carbocycles. The van der Waals surface area contributed by atoms with Crippen LogP contribution < -0.4 is 4.90 Å². The van der Waals surface area contributed by atoms with E-state index in [0.717, 1.165) is 66.3 Å². The van der Waals surface area contributed by atoms with Gasteiger partial charge in [0.15, 0.2) is 0 Å². The smallest absolute Gasteiger partial charge is 0.147 e. The van der Waals surface area contributed by atoms with Gasteiger partial charge < -0.3 is 13.7 Å². The second kappa shape index (κ2) is 10.1. The van der Waals surface area contributed by atoms with E-state index in [-0.39, 0.29) is 0 Å². The van der Waals surface area contributed by atoms with Crippen molar-refractivity contribution in [3.05, 3.63) is 164 Å². The van der Waals surface area contributed by atoms with Gasteiger partial charge in [-0.1, -0.05) is 109 Å². The van der Waals surface area contributed by atoms with Crippen molar-refractivity contribution in [1.82, 2.24) is 0 Å². The highest BCUT2D eigenvalue weighted by molar-refractivity contribution is 6.26. The Labute approximate surface area is 270 Å². The van der Waals surface area contributed by atoms with Crippen LogP contribution in [-0.4, -0.2) is 0 Å². The van der Waals surface area contributed by atoms with Crippen LogP contribution in [0.1, 0.15) is 0 Å². The highest BCUT2D eigenvalue weighted by atomic mass is 16.3. The zero-order chi connectivity index (χ0) is 30.9. The summed E-state index contributed by atoms with van der Waals surface area (Å²) in [5.74, 6) is 0. The number of nitrogens with zero attached hydrogens (tertiary/aromatic N) is 1. The molecule has 0 N–H and O–H groups in total. The lowest BCUT2D eigenvalue weighted by atomic mass is 10.0. The molecule has 0 spiro atoms. The van der Waals surface area contributed by atoms with Gasteiger partial charge in [0.2, 0.25) is 0 Å². The monoisotopic (exact) mass is 601 g/mol. The van der Waals surface area contributed by atoms with Gasteiger partial charge >= 0.3 is 0 Å². The molecule has 2 heterocycles. The molecule has 0 atom stereocenters. The average Bonchev–Trinajstić information content (AvgIpc) is 3.70. The van der Waals surface area contributed by atoms with Crippen molar-refractivity contribution in [3.8, 4) is 11.1 Å². The van der Waals surface area contributed by atoms with Crippen molar-refractivity contribution < 1.29 is 8.83 Å². The summed E-state index contributed by atoms with van der Waals surface area (Å²) in [7, 11) is 0. The van der Waals surface area contributed by atoms with E-state index >= 15 is 0 Å². The predicted octanol–water partition coefficient (Wildman–Crippen LogP) is 12.9. The Morgan fingerprint density at radius 2 is 1.02 bits per heavy atom. The molecule has 0 aliphatic carbocycles. The lowest BCUT2D eigenvalue weighted by Crippen LogP contribution is -2.10. The number of benzene rings is 8. The zero-order valence-electron chi connectivity index (χ0n) is 25.4. The summed E-state index contributed by atoms with van der Waals surface area (Å²) in [6, 6.07) is 57.8. The summed E-state index contributed by atoms with van der Waals surface area (Å²) in [6.07, 6.45) is 0. The topological polar surface area (TPSA) is 29.5 Å². The number of hydrogen-bond acceptors (Lipinski definition) is 3. The Kier molecular flexibility index (Phi) is 5.57. The fourth-order valence-corrected chi connectivity index (χ4v) is 7.23. The Balaban J connectivity index is 1.28. The third-order valence-corrected chi connectivity index (χ3v) is 9.42. The minimum Gasteiger partial charge on any atom is -0.456 e. The first-order valence-corrected chi connectivity index (χ1v) is 15.9. The fraction of sp³-hybridized carbons (Fsp3) is 0. The molecule has 2 aromatic heterocycles. The molecule has 0 fully saturated rings. The van der Waals surface area contributed by atoms with Crippen molar-refractivity contribution in [2.75, 3.05) is 4.90 Å². The lowest BCUT2D eigenvalue weighted by molar-refractivity contribution is 0.663. The van der Waals surface area contributed by atoms with Crippen LogP contribution >= 0.6 is 0 Å². The molecule has 220 valence electrons. The summed E-state index contributed by atoms with van der Waals surface area (Å²) < 4.78 is 13.3.